The fraction of sp³-hybridized carbons (Fsp3) is 0.235. The van der Waals surface area contributed by atoms with Gasteiger partial charge in [-0.3, -0.25) is 19.1 Å². The average molecular weight is 696 g/mol. The molecular formula is C34H29BCl2N8S2. The molecule has 2 aromatic carbocycles. The van der Waals surface area contributed by atoms with Gasteiger partial charge in [-0.15, -0.1) is 43.1 Å². The maximum absolute atomic E-state index is 6.34. The van der Waals surface area contributed by atoms with Crippen molar-refractivity contribution < 1.29 is 0 Å². The molecule has 6 heterocycles. The van der Waals surface area contributed by atoms with Crippen LogP contribution in [0.5, 0.6) is 0 Å². The first kappa shape index (κ1) is 30.4. The van der Waals surface area contributed by atoms with E-state index < -0.39 is 0 Å². The zero-order valence-corrected chi connectivity index (χ0v) is 29.8. The summed E-state index contributed by atoms with van der Waals surface area (Å²) in [5, 5.41) is 22.2. The fourth-order valence-electron chi connectivity index (χ4n) is 6.52. The molecule has 0 N–H and O–H groups in total. The molecule has 47 heavy (non-hydrogen) atoms. The van der Waals surface area contributed by atoms with Crippen molar-refractivity contribution in [3.63, 3.8) is 0 Å². The lowest BCUT2D eigenvalue weighted by Crippen LogP contribution is -2.21. The van der Waals surface area contributed by atoms with Crippen molar-refractivity contribution in [1.82, 2.24) is 29.5 Å². The summed E-state index contributed by atoms with van der Waals surface area (Å²) < 4.78 is 4.36. The number of nitrogens with zero attached hydrogens (tertiary/aromatic N) is 8. The molecule has 0 saturated heterocycles. The number of aromatic nitrogens is 6. The van der Waals surface area contributed by atoms with Crippen molar-refractivity contribution in [3.05, 3.63) is 125 Å². The zero-order valence-electron chi connectivity index (χ0n) is 26.6. The Morgan fingerprint density at radius 3 is 1.34 bits per heavy atom. The molecule has 0 fully saturated rings. The van der Waals surface area contributed by atoms with E-state index >= 15 is 0 Å². The van der Waals surface area contributed by atoms with E-state index in [0.717, 1.165) is 67.0 Å². The van der Waals surface area contributed by atoms with Gasteiger partial charge in [0, 0.05) is 42.1 Å². The van der Waals surface area contributed by atoms with Crippen LogP contribution in [0.2, 0.25) is 10.0 Å². The number of fused-ring (bicyclic) bond motifs is 6. The minimum Gasteiger partial charge on any atom is -0.281 e. The van der Waals surface area contributed by atoms with E-state index in [1.807, 2.05) is 62.4 Å². The quantitative estimate of drug-likeness (QED) is 0.175. The van der Waals surface area contributed by atoms with Crippen molar-refractivity contribution in [1.29, 1.82) is 0 Å². The molecule has 0 aliphatic carbocycles. The van der Waals surface area contributed by atoms with Gasteiger partial charge in [-0.1, -0.05) is 47.5 Å². The summed E-state index contributed by atoms with van der Waals surface area (Å²) in [5.74, 6) is 2.44. The fourth-order valence-corrected chi connectivity index (χ4v) is 9.20. The Morgan fingerprint density at radius 2 is 0.957 bits per heavy atom. The van der Waals surface area contributed by atoms with Crippen LogP contribution in [0.25, 0.3) is 10.0 Å². The number of aryl methyl sites for hydroxylation is 4. The molecule has 2 aliphatic rings. The largest absolute Gasteiger partial charge is 0.281 e. The molecule has 0 bridgehead atoms. The Kier molecular flexibility index (Phi) is 7.36. The van der Waals surface area contributed by atoms with Gasteiger partial charge in [0.05, 0.1) is 23.3 Å². The molecule has 8 rings (SSSR count). The lowest BCUT2D eigenvalue weighted by Gasteiger charge is -2.17. The van der Waals surface area contributed by atoms with Crippen LogP contribution < -0.4 is 0 Å². The van der Waals surface area contributed by atoms with Crippen LogP contribution in [0.4, 0.5) is 0 Å². The molecule has 6 aromatic rings. The molecule has 8 nitrogen and oxygen atoms in total. The summed E-state index contributed by atoms with van der Waals surface area (Å²) in [7, 11) is 0.504. The van der Waals surface area contributed by atoms with Crippen LogP contribution in [-0.2, 0) is 0 Å². The van der Waals surface area contributed by atoms with Crippen LogP contribution in [0.3, 0.4) is 0 Å². The average Bonchev–Trinajstić information content (AvgIpc) is 3.73. The highest BCUT2D eigenvalue weighted by atomic mass is 35.5. The molecular weight excluding hydrogens is 666 g/mol. The highest BCUT2D eigenvalue weighted by Crippen LogP contribution is 2.42. The monoisotopic (exact) mass is 694 g/mol. The van der Waals surface area contributed by atoms with Crippen molar-refractivity contribution in [3.8, 4) is 10.0 Å². The second-order valence-electron chi connectivity index (χ2n) is 12.0. The van der Waals surface area contributed by atoms with E-state index in [9.17, 15) is 0 Å². The molecule has 0 amide bonds. The Hall–Kier alpha value is -3.90. The molecule has 13 heteroatoms. The number of hydrogen-bond acceptors (Lipinski definition) is 8. The third kappa shape index (κ3) is 4.86. The SMILES string of the molecule is Cc1sc2c(c1C)C(c1ccc(Cl)cc1)=NC(BC1N=C(c3ccc(Cl)cc3)c3c(sc(C)c3C)-n3c(C)nnc31)c1nnc(C)n1-2. The highest BCUT2D eigenvalue weighted by Gasteiger charge is 2.37. The number of halogens is 2. The van der Waals surface area contributed by atoms with E-state index in [0.29, 0.717) is 17.3 Å². The summed E-state index contributed by atoms with van der Waals surface area (Å²) in [5.41, 5.74) is 8.40. The Labute approximate surface area is 291 Å². The Balaban J connectivity index is 1.36. The van der Waals surface area contributed by atoms with Gasteiger partial charge in [0.25, 0.3) is 0 Å². The van der Waals surface area contributed by atoms with E-state index in [-0.39, 0.29) is 11.9 Å². The Bertz CT molecular complexity index is 2120. The van der Waals surface area contributed by atoms with Crippen LogP contribution in [0.1, 0.15) is 78.3 Å². The first-order valence-electron chi connectivity index (χ1n) is 15.3. The van der Waals surface area contributed by atoms with E-state index in [1.165, 1.54) is 20.9 Å². The standard InChI is InChI=1S/C34H29BCl2N8S2/c1-15-17(3)46-33-25(15)27(21-7-11-23(36)12-8-21)38-29(31-42-40-19(5)44(31)33)35-30-32-43-41-20(6)45(32)34-26(16(2)18(4)47-34)28(39-30)22-9-13-24(37)14-10-22/h7-14,29-30,35H,1-6H3. The van der Waals surface area contributed by atoms with Crippen LogP contribution in [0, 0.1) is 41.5 Å². The first-order valence-corrected chi connectivity index (χ1v) is 17.7. The van der Waals surface area contributed by atoms with Gasteiger partial charge >= 0.3 is 0 Å². The van der Waals surface area contributed by atoms with Crippen LogP contribution in [0.15, 0.2) is 58.5 Å². The number of benzene rings is 2. The first-order chi connectivity index (χ1) is 22.6. The van der Waals surface area contributed by atoms with Crippen molar-refractivity contribution in [2.24, 2.45) is 9.98 Å². The summed E-state index contributed by atoms with van der Waals surface area (Å²) in [6.45, 7) is 12.6. The zero-order chi connectivity index (χ0) is 32.7. The third-order valence-corrected chi connectivity index (χ3v) is 12.0. The summed E-state index contributed by atoms with van der Waals surface area (Å²) in [4.78, 5) is 13.6. The van der Waals surface area contributed by atoms with Gasteiger partial charge in [0.2, 0.25) is 7.28 Å². The van der Waals surface area contributed by atoms with E-state index in [1.54, 1.807) is 22.7 Å². The molecule has 4 aromatic heterocycles. The number of hydrogen-bond donors (Lipinski definition) is 0. The topological polar surface area (TPSA) is 86.1 Å². The van der Waals surface area contributed by atoms with Gasteiger partial charge in [-0.05, 0) is 76.9 Å². The number of rotatable bonds is 4. The lowest BCUT2D eigenvalue weighted by atomic mass is 9.61. The van der Waals surface area contributed by atoms with Gasteiger partial charge in [-0.2, -0.15) is 0 Å². The minimum atomic E-state index is -0.383. The maximum Gasteiger partial charge on any atom is 0.202 e. The van der Waals surface area contributed by atoms with Gasteiger partial charge in [0.15, 0.2) is 11.6 Å². The molecule has 0 radical (unpaired) electrons. The van der Waals surface area contributed by atoms with Gasteiger partial charge in [0.1, 0.15) is 21.7 Å². The predicted molar refractivity (Wildman–Crippen MR) is 194 cm³/mol. The van der Waals surface area contributed by atoms with Crippen LogP contribution >= 0.6 is 45.9 Å². The van der Waals surface area contributed by atoms with Crippen molar-refractivity contribution >= 4 is 64.6 Å². The summed E-state index contributed by atoms with van der Waals surface area (Å²) in [6, 6.07) is 15.8. The molecule has 2 aliphatic heterocycles. The summed E-state index contributed by atoms with van der Waals surface area (Å²) in [6.07, 6.45) is 0. The van der Waals surface area contributed by atoms with Gasteiger partial charge < -0.3 is 0 Å². The van der Waals surface area contributed by atoms with Crippen molar-refractivity contribution in [2.45, 2.75) is 53.4 Å². The van der Waals surface area contributed by atoms with Crippen LogP contribution in [-0.4, -0.2) is 48.2 Å². The Morgan fingerprint density at radius 1 is 0.574 bits per heavy atom. The lowest BCUT2D eigenvalue weighted by molar-refractivity contribution is 0.783. The second-order valence-corrected chi connectivity index (χ2v) is 15.3. The molecule has 2 unspecified atom stereocenters. The van der Waals surface area contributed by atoms with Crippen molar-refractivity contribution in [2.75, 3.05) is 0 Å². The van der Waals surface area contributed by atoms with E-state index in [4.69, 9.17) is 43.4 Å². The number of aliphatic imine (C=N–C) groups is 2. The van der Waals surface area contributed by atoms with Gasteiger partial charge in [-0.25, -0.2) is 0 Å². The summed E-state index contributed by atoms with van der Waals surface area (Å²) >= 11 is 16.2. The molecule has 0 spiro atoms. The highest BCUT2D eigenvalue weighted by molar-refractivity contribution is 7.15. The maximum atomic E-state index is 6.34. The number of thiophene rings is 2. The third-order valence-electron chi connectivity index (χ3n) is 9.16. The molecule has 234 valence electrons. The second kappa shape index (κ2) is 11.4. The smallest absolute Gasteiger partial charge is 0.202 e. The minimum absolute atomic E-state index is 0.383. The molecule has 0 saturated carbocycles. The predicted octanol–water partition coefficient (Wildman–Crippen LogP) is 7.96. The van der Waals surface area contributed by atoms with E-state index in [2.05, 4.69) is 47.0 Å². The molecule has 2 atom stereocenters. The normalized spacial score (nSPS) is 16.8.